The molecule has 0 saturated carbocycles. The third-order valence-corrected chi connectivity index (χ3v) is 7.21. The summed E-state index contributed by atoms with van der Waals surface area (Å²) in [4.78, 5) is 15.5. The molecule has 2 heterocycles. The van der Waals surface area contributed by atoms with Crippen LogP contribution in [-0.4, -0.2) is 28.6 Å². The normalized spacial score (nSPS) is 17.9. The van der Waals surface area contributed by atoms with Gasteiger partial charge in [-0.3, -0.25) is 14.3 Å². The Balaban J connectivity index is 0.00000300. The maximum Gasteiger partial charge on any atom is 0.308 e. The van der Waals surface area contributed by atoms with E-state index in [0.29, 0.717) is 0 Å². The summed E-state index contributed by atoms with van der Waals surface area (Å²) in [6.07, 6.45) is 14.4. The molecule has 0 bridgehead atoms. The van der Waals surface area contributed by atoms with Gasteiger partial charge in [0.25, 0.3) is 0 Å². The highest BCUT2D eigenvalue weighted by Crippen LogP contribution is 2.23. The number of nitrogens with zero attached hydrogens (tertiary/aromatic N) is 2. The van der Waals surface area contributed by atoms with Crippen molar-refractivity contribution < 1.29 is 0 Å². The second-order valence-electron chi connectivity index (χ2n) is 8.46. The molecule has 1 aliphatic rings. The molecule has 0 aliphatic carbocycles. The van der Waals surface area contributed by atoms with Gasteiger partial charge in [-0.25, -0.2) is 0 Å². The molecule has 1 fully saturated rings. The first-order valence-corrected chi connectivity index (χ1v) is 12.4. The maximum atomic E-state index is 12.6. The Morgan fingerprint density at radius 3 is 2.69 bits per heavy atom. The zero-order chi connectivity index (χ0) is 19.8. The minimum Gasteiger partial charge on any atom is -0.299 e. The molecule has 1 aromatic carbocycles. The van der Waals surface area contributed by atoms with Crippen molar-refractivity contribution in [1.82, 2.24) is 9.47 Å². The van der Waals surface area contributed by atoms with Crippen LogP contribution in [0.5, 0.6) is 0 Å². The quantitative estimate of drug-likeness (QED) is 0.388. The van der Waals surface area contributed by atoms with Crippen LogP contribution >= 0.6 is 23.7 Å². The molecule has 1 saturated heterocycles. The minimum atomic E-state index is 0. The molecule has 0 amide bonds. The molecular weight excluding hydrogens is 400 g/mol. The minimum absolute atomic E-state index is 0. The summed E-state index contributed by atoms with van der Waals surface area (Å²) in [6, 6.07) is 7.32. The van der Waals surface area contributed by atoms with E-state index >= 15 is 0 Å². The zero-order valence-electron chi connectivity index (χ0n) is 18.3. The molecule has 1 aliphatic heterocycles. The van der Waals surface area contributed by atoms with E-state index in [0.717, 1.165) is 42.2 Å². The summed E-state index contributed by atoms with van der Waals surface area (Å²) in [7, 11) is 0. The van der Waals surface area contributed by atoms with Crippen molar-refractivity contribution in [2.75, 3.05) is 13.1 Å². The Hall–Kier alpha value is -0.840. The molecule has 0 N–H and O–H groups in total. The molecule has 2 aromatic rings. The summed E-state index contributed by atoms with van der Waals surface area (Å²) in [5.41, 5.74) is 2.48. The Morgan fingerprint density at radius 2 is 1.90 bits per heavy atom. The average Bonchev–Trinajstić information content (AvgIpc) is 2.85. The van der Waals surface area contributed by atoms with Crippen LogP contribution in [0.2, 0.25) is 0 Å². The number of unbranched alkanes of at least 4 members (excludes halogenated alkanes) is 3. The molecule has 0 spiro atoms. The average molecular weight is 439 g/mol. The molecular formula is C24H39ClN2OS. The highest BCUT2D eigenvalue weighted by molar-refractivity contribution is 7.16. The summed E-state index contributed by atoms with van der Waals surface area (Å²) >= 11 is 1.42. The van der Waals surface area contributed by atoms with Crippen molar-refractivity contribution in [2.24, 2.45) is 0 Å². The van der Waals surface area contributed by atoms with E-state index in [9.17, 15) is 4.79 Å². The Kier molecular flexibility index (Phi) is 10.8. The number of benzene rings is 1. The third-order valence-electron chi connectivity index (χ3n) is 6.27. The number of hydrogen-bond donors (Lipinski definition) is 0. The van der Waals surface area contributed by atoms with Crippen molar-refractivity contribution in [3.63, 3.8) is 0 Å². The second-order valence-corrected chi connectivity index (χ2v) is 9.45. The zero-order valence-corrected chi connectivity index (χ0v) is 20.0. The van der Waals surface area contributed by atoms with E-state index in [1.54, 1.807) is 0 Å². The molecule has 3 rings (SSSR count). The summed E-state index contributed by atoms with van der Waals surface area (Å²) in [6.45, 7) is 7.54. The molecule has 0 radical (unpaired) electrons. The number of rotatable bonds is 10. The molecule has 5 heteroatoms. The monoisotopic (exact) mass is 438 g/mol. The molecule has 164 valence electrons. The summed E-state index contributed by atoms with van der Waals surface area (Å²) in [5.74, 6) is 0. The van der Waals surface area contributed by atoms with Gasteiger partial charge in [-0.15, -0.1) is 12.4 Å². The first-order valence-electron chi connectivity index (χ1n) is 11.6. The molecule has 3 nitrogen and oxygen atoms in total. The van der Waals surface area contributed by atoms with Crippen LogP contribution in [0, 0.1) is 0 Å². The lowest BCUT2D eigenvalue weighted by molar-refractivity contribution is 0.180. The van der Waals surface area contributed by atoms with Gasteiger partial charge < -0.3 is 0 Å². The number of aryl methyl sites for hydroxylation is 1. The van der Waals surface area contributed by atoms with Gasteiger partial charge in [0.1, 0.15) is 0 Å². The number of halogens is 1. The predicted molar refractivity (Wildman–Crippen MR) is 130 cm³/mol. The number of fused-ring (bicyclic) bond motifs is 1. The van der Waals surface area contributed by atoms with Gasteiger partial charge in [-0.2, -0.15) is 0 Å². The van der Waals surface area contributed by atoms with Crippen LogP contribution in [0.3, 0.4) is 0 Å². The van der Waals surface area contributed by atoms with E-state index in [2.05, 4.69) is 36.9 Å². The maximum absolute atomic E-state index is 12.6. The lowest BCUT2D eigenvalue weighted by atomic mass is 10.0. The number of aromatic nitrogens is 1. The molecule has 1 atom stereocenters. The van der Waals surface area contributed by atoms with Gasteiger partial charge in [0.15, 0.2) is 0 Å². The van der Waals surface area contributed by atoms with Crippen LogP contribution in [0.4, 0.5) is 0 Å². The lowest BCUT2D eigenvalue weighted by Gasteiger charge is -2.30. The topological polar surface area (TPSA) is 25.2 Å². The van der Waals surface area contributed by atoms with Gasteiger partial charge >= 0.3 is 4.87 Å². The van der Waals surface area contributed by atoms with Gasteiger partial charge in [0, 0.05) is 19.1 Å². The van der Waals surface area contributed by atoms with E-state index in [-0.39, 0.29) is 17.3 Å². The fourth-order valence-corrected chi connectivity index (χ4v) is 5.64. The Bertz CT molecular complexity index is 785. The van der Waals surface area contributed by atoms with Crippen LogP contribution in [0.1, 0.15) is 83.6 Å². The SMILES string of the molecule is CCCCCCC1CCCCCN1CCn1c(=O)sc2cc(CCC)ccc21.Cl. The van der Waals surface area contributed by atoms with Crippen molar-refractivity contribution >= 4 is 34.0 Å². The fraction of sp³-hybridized carbons (Fsp3) is 0.708. The summed E-state index contributed by atoms with van der Waals surface area (Å²) in [5, 5.41) is 0. The second kappa shape index (κ2) is 12.8. The fourth-order valence-electron chi connectivity index (χ4n) is 4.66. The van der Waals surface area contributed by atoms with E-state index in [1.807, 2.05) is 4.57 Å². The van der Waals surface area contributed by atoms with Gasteiger partial charge in [0.05, 0.1) is 10.2 Å². The standard InChI is InChI=1S/C24H38N2OS.ClH/c1-3-5-6-8-12-21-13-9-7-10-16-25(21)17-18-26-22-15-14-20(11-4-2)19-23(22)28-24(26)27;/h14-15,19,21H,3-13,16-18H2,1-2H3;1H. The number of likely N-dealkylation sites (tertiary alicyclic amines) is 1. The van der Waals surface area contributed by atoms with Crippen LogP contribution < -0.4 is 4.87 Å². The summed E-state index contributed by atoms with van der Waals surface area (Å²) < 4.78 is 3.18. The largest absolute Gasteiger partial charge is 0.308 e. The Labute approximate surface area is 186 Å². The van der Waals surface area contributed by atoms with Crippen LogP contribution in [0.25, 0.3) is 10.2 Å². The highest BCUT2D eigenvalue weighted by Gasteiger charge is 2.21. The van der Waals surface area contributed by atoms with Crippen LogP contribution in [-0.2, 0) is 13.0 Å². The molecule has 1 aromatic heterocycles. The molecule has 29 heavy (non-hydrogen) atoms. The number of thiazole rings is 1. The van der Waals surface area contributed by atoms with Crippen LogP contribution in [0.15, 0.2) is 23.0 Å². The van der Waals surface area contributed by atoms with Crippen molar-refractivity contribution in [2.45, 2.75) is 97.1 Å². The van der Waals surface area contributed by atoms with Gasteiger partial charge in [-0.1, -0.05) is 76.2 Å². The first-order chi connectivity index (χ1) is 13.7. The van der Waals surface area contributed by atoms with Crippen molar-refractivity contribution in [3.8, 4) is 0 Å². The van der Waals surface area contributed by atoms with Crippen molar-refractivity contribution in [3.05, 3.63) is 33.4 Å². The van der Waals surface area contributed by atoms with E-state index in [1.165, 1.54) is 81.2 Å². The Morgan fingerprint density at radius 1 is 1.03 bits per heavy atom. The number of hydrogen-bond acceptors (Lipinski definition) is 3. The van der Waals surface area contributed by atoms with Gasteiger partial charge in [-0.05, 0) is 49.9 Å². The molecule has 1 unspecified atom stereocenters. The predicted octanol–water partition coefficient (Wildman–Crippen LogP) is 6.65. The van der Waals surface area contributed by atoms with Crippen molar-refractivity contribution in [1.29, 1.82) is 0 Å². The van der Waals surface area contributed by atoms with Gasteiger partial charge in [0.2, 0.25) is 0 Å². The lowest BCUT2D eigenvalue weighted by Crippen LogP contribution is -2.38. The smallest absolute Gasteiger partial charge is 0.299 e. The van der Waals surface area contributed by atoms with E-state index < -0.39 is 0 Å². The first kappa shape index (κ1) is 24.4. The highest BCUT2D eigenvalue weighted by atomic mass is 35.5. The third kappa shape index (κ3) is 6.83. The van der Waals surface area contributed by atoms with E-state index in [4.69, 9.17) is 0 Å².